The third-order valence-corrected chi connectivity index (χ3v) is 5.41. The molecule has 0 aromatic carbocycles. The molecule has 6 heteroatoms. The van der Waals surface area contributed by atoms with Gasteiger partial charge in [0, 0.05) is 39.1 Å². The average Bonchev–Trinajstić information content (AvgIpc) is 3.02. The summed E-state index contributed by atoms with van der Waals surface area (Å²) in [6, 6.07) is 0. The number of hydrogen-bond acceptors (Lipinski definition) is 5. The van der Waals surface area contributed by atoms with Crippen molar-refractivity contribution in [1.29, 1.82) is 0 Å². The highest BCUT2D eigenvalue weighted by Gasteiger charge is 2.25. The largest absolute Gasteiger partial charge is 0.372 e. The molecule has 0 bridgehead atoms. The first kappa shape index (κ1) is 15.0. The third-order valence-electron chi connectivity index (χ3n) is 4.63. The summed E-state index contributed by atoms with van der Waals surface area (Å²) in [5.74, 6) is 2.39. The molecule has 0 radical (unpaired) electrons. The Bertz CT molecular complexity index is 493. The minimum absolute atomic E-state index is 0.584. The monoisotopic (exact) mass is 353 g/mol. The molecule has 21 heavy (non-hydrogen) atoms. The number of anilines is 2. The molecule has 0 amide bonds. The van der Waals surface area contributed by atoms with Crippen LogP contribution in [0.25, 0.3) is 0 Å². The Labute approximate surface area is 135 Å². The van der Waals surface area contributed by atoms with Crippen molar-refractivity contribution >= 4 is 27.7 Å². The molecule has 116 valence electrons. The molecule has 1 aliphatic heterocycles. The van der Waals surface area contributed by atoms with Gasteiger partial charge in [-0.05, 0) is 35.8 Å². The van der Waals surface area contributed by atoms with Crippen LogP contribution in [0.5, 0.6) is 0 Å². The second-order valence-electron chi connectivity index (χ2n) is 6.09. The van der Waals surface area contributed by atoms with E-state index in [4.69, 9.17) is 9.97 Å². The SMILES string of the molecule is CNc1nc(N2CCN(C)CC2)nc(C2CCCC2)c1Br. The first-order valence-corrected chi connectivity index (χ1v) is 8.67. The van der Waals surface area contributed by atoms with Crippen molar-refractivity contribution in [2.45, 2.75) is 31.6 Å². The summed E-state index contributed by atoms with van der Waals surface area (Å²) in [6.07, 6.45) is 5.14. The lowest BCUT2D eigenvalue weighted by atomic mass is 10.0. The zero-order chi connectivity index (χ0) is 14.8. The molecular weight excluding hydrogens is 330 g/mol. The summed E-state index contributed by atoms with van der Waals surface area (Å²) in [7, 11) is 4.10. The van der Waals surface area contributed by atoms with E-state index in [0.717, 1.165) is 42.4 Å². The van der Waals surface area contributed by atoms with Gasteiger partial charge >= 0.3 is 0 Å². The molecule has 2 aliphatic rings. The maximum Gasteiger partial charge on any atom is 0.227 e. The highest BCUT2D eigenvalue weighted by Crippen LogP contribution is 2.39. The molecule has 0 spiro atoms. The van der Waals surface area contributed by atoms with Crippen LogP contribution in [0.15, 0.2) is 4.47 Å². The lowest BCUT2D eigenvalue weighted by molar-refractivity contribution is 0.311. The Morgan fingerprint density at radius 1 is 1.10 bits per heavy atom. The summed E-state index contributed by atoms with van der Waals surface area (Å²) in [6.45, 7) is 4.16. The minimum Gasteiger partial charge on any atom is -0.372 e. The maximum atomic E-state index is 4.92. The summed E-state index contributed by atoms with van der Waals surface area (Å²) < 4.78 is 1.05. The van der Waals surface area contributed by atoms with Crippen LogP contribution in [-0.4, -0.2) is 55.1 Å². The summed E-state index contributed by atoms with van der Waals surface area (Å²) in [5, 5.41) is 3.21. The van der Waals surface area contributed by atoms with Gasteiger partial charge in [0.1, 0.15) is 5.82 Å². The van der Waals surface area contributed by atoms with Crippen LogP contribution in [0.3, 0.4) is 0 Å². The second-order valence-corrected chi connectivity index (χ2v) is 6.89. The smallest absolute Gasteiger partial charge is 0.227 e. The van der Waals surface area contributed by atoms with Gasteiger partial charge in [-0.15, -0.1) is 0 Å². The molecule has 2 heterocycles. The summed E-state index contributed by atoms with van der Waals surface area (Å²) in [5.41, 5.74) is 1.20. The number of rotatable bonds is 3. The van der Waals surface area contributed by atoms with E-state index in [1.165, 1.54) is 31.4 Å². The molecule has 0 atom stereocenters. The van der Waals surface area contributed by atoms with Gasteiger partial charge < -0.3 is 15.1 Å². The van der Waals surface area contributed by atoms with Crippen LogP contribution < -0.4 is 10.2 Å². The number of hydrogen-bond donors (Lipinski definition) is 1. The third kappa shape index (κ3) is 3.16. The molecule has 1 aromatic rings. The molecule has 1 saturated carbocycles. The Morgan fingerprint density at radius 3 is 2.38 bits per heavy atom. The first-order chi connectivity index (χ1) is 10.2. The molecule has 1 N–H and O–H groups in total. The van der Waals surface area contributed by atoms with Crippen molar-refractivity contribution in [2.75, 3.05) is 50.5 Å². The number of likely N-dealkylation sites (N-methyl/N-ethyl adjacent to an activating group) is 1. The van der Waals surface area contributed by atoms with E-state index in [2.05, 4.69) is 38.1 Å². The van der Waals surface area contributed by atoms with Crippen molar-refractivity contribution in [2.24, 2.45) is 0 Å². The number of nitrogens with zero attached hydrogens (tertiary/aromatic N) is 4. The van der Waals surface area contributed by atoms with E-state index in [1.807, 2.05) is 7.05 Å². The van der Waals surface area contributed by atoms with Crippen molar-refractivity contribution in [3.8, 4) is 0 Å². The van der Waals surface area contributed by atoms with E-state index < -0.39 is 0 Å². The fourth-order valence-corrected chi connectivity index (χ4v) is 3.93. The van der Waals surface area contributed by atoms with Crippen molar-refractivity contribution < 1.29 is 0 Å². The van der Waals surface area contributed by atoms with Crippen LogP contribution in [-0.2, 0) is 0 Å². The topological polar surface area (TPSA) is 44.3 Å². The predicted molar refractivity (Wildman–Crippen MR) is 90.2 cm³/mol. The molecular formula is C15H24BrN5. The molecule has 1 saturated heterocycles. The van der Waals surface area contributed by atoms with Gasteiger partial charge in [0.05, 0.1) is 10.2 Å². The predicted octanol–water partition coefficient (Wildman–Crippen LogP) is 2.69. The Morgan fingerprint density at radius 2 is 1.76 bits per heavy atom. The zero-order valence-corrected chi connectivity index (χ0v) is 14.5. The Kier molecular flexibility index (Phi) is 4.64. The fourth-order valence-electron chi connectivity index (χ4n) is 3.24. The quantitative estimate of drug-likeness (QED) is 0.904. The highest BCUT2D eigenvalue weighted by molar-refractivity contribution is 9.10. The van der Waals surface area contributed by atoms with E-state index in [9.17, 15) is 0 Å². The van der Waals surface area contributed by atoms with E-state index in [-0.39, 0.29) is 0 Å². The van der Waals surface area contributed by atoms with Crippen molar-refractivity contribution in [3.63, 3.8) is 0 Å². The average molecular weight is 354 g/mol. The van der Waals surface area contributed by atoms with Gasteiger partial charge in [-0.25, -0.2) is 4.98 Å². The number of halogens is 1. The number of aromatic nitrogens is 2. The lowest BCUT2D eigenvalue weighted by Gasteiger charge is -2.33. The van der Waals surface area contributed by atoms with E-state index in [0.29, 0.717) is 5.92 Å². The van der Waals surface area contributed by atoms with Crippen LogP contribution in [0.2, 0.25) is 0 Å². The van der Waals surface area contributed by atoms with Crippen LogP contribution in [0.1, 0.15) is 37.3 Å². The van der Waals surface area contributed by atoms with Gasteiger partial charge in [0.2, 0.25) is 5.95 Å². The van der Waals surface area contributed by atoms with Gasteiger partial charge in [-0.2, -0.15) is 4.98 Å². The molecule has 5 nitrogen and oxygen atoms in total. The minimum atomic E-state index is 0.584. The van der Waals surface area contributed by atoms with Gasteiger partial charge in [-0.3, -0.25) is 0 Å². The number of nitrogens with one attached hydrogen (secondary N) is 1. The van der Waals surface area contributed by atoms with Crippen LogP contribution in [0.4, 0.5) is 11.8 Å². The molecule has 2 fully saturated rings. The second kappa shape index (κ2) is 6.48. The fraction of sp³-hybridized carbons (Fsp3) is 0.733. The molecule has 0 unspecified atom stereocenters. The Balaban J connectivity index is 1.91. The van der Waals surface area contributed by atoms with Crippen LogP contribution >= 0.6 is 15.9 Å². The molecule has 1 aromatic heterocycles. The molecule has 3 rings (SSSR count). The number of piperazine rings is 1. The van der Waals surface area contributed by atoms with E-state index in [1.54, 1.807) is 0 Å². The van der Waals surface area contributed by atoms with Gasteiger partial charge in [-0.1, -0.05) is 12.8 Å². The van der Waals surface area contributed by atoms with Gasteiger partial charge in [0.25, 0.3) is 0 Å². The summed E-state index contributed by atoms with van der Waals surface area (Å²) >= 11 is 3.70. The maximum absolute atomic E-state index is 4.92. The van der Waals surface area contributed by atoms with E-state index >= 15 is 0 Å². The van der Waals surface area contributed by atoms with Crippen LogP contribution in [0, 0.1) is 0 Å². The summed E-state index contributed by atoms with van der Waals surface area (Å²) in [4.78, 5) is 14.3. The highest BCUT2D eigenvalue weighted by atomic mass is 79.9. The lowest BCUT2D eigenvalue weighted by Crippen LogP contribution is -2.45. The molecule has 1 aliphatic carbocycles. The zero-order valence-electron chi connectivity index (χ0n) is 12.9. The van der Waals surface area contributed by atoms with Crippen molar-refractivity contribution in [1.82, 2.24) is 14.9 Å². The van der Waals surface area contributed by atoms with Crippen molar-refractivity contribution in [3.05, 3.63) is 10.2 Å². The Hall–Kier alpha value is -0.880. The standard InChI is InChI=1S/C15H24BrN5/c1-17-14-12(16)13(11-5-3-4-6-11)18-15(19-14)21-9-7-20(2)8-10-21/h11H,3-10H2,1-2H3,(H,17,18,19). The first-order valence-electron chi connectivity index (χ1n) is 7.87. The normalized spacial score (nSPS) is 21.0. The van der Waals surface area contributed by atoms with Gasteiger partial charge in [0.15, 0.2) is 0 Å².